The number of carbonyl (C=O) groups excluding carboxylic acids is 1. The lowest BCUT2D eigenvalue weighted by Crippen LogP contribution is -2.06. The number of thiophene rings is 1. The van der Waals surface area contributed by atoms with E-state index in [4.69, 9.17) is 4.74 Å². The predicted octanol–water partition coefficient (Wildman–Crippen LogP) is 4.30. The van der Waals surface area contributed by atoms with Crippen LogP contribution in [0, 0.1) is 11.3 Å². The lowest BCUT2D eigenvalue weighted by atomic mass is 10.1. The standard InChI is InChI=1S/C21H17N3O2S/c1-2-10-26-21(25)17(13-22)12-18-15-24(14-16-7-4-3-5-8-16)23-20(18)19-9-6-11-27-19/h2-9,11-12,15H,1,10,14H2/b17-12-. The molecule has 1 aromatic carbocycles. The zero-order valence-electron chi connectivity index (χ0n) is 14.5. The number of ether oxygens (including phenoxy) is 1. The van der Waals surface area contributed by atoms with Crippen LogP contribution in [-0.4, -0.2) is 22.4 Å². The summed E-state index contributed by atoms with van der Waals surface area (Å²) in [5, 5.41) is 16.0. The van der Waals surface area contributed by atoms with Gasteiger partial charge in [-0.2, -0.15) is 10.4 Å². The molecule has 0 atom stereocenters. The van der Waals surface area contributed by atoms with Crippen LogP contribution in [0.15, 0.2) is 72.3 Å². The first-order valence-electron chi connectivity index (χ1n) is 8.26. The van der Waals surface area contributed by atoms with Gasteiger partial charge in [-0.1, -0.05) is 49.1 Å². The van der Waals surface area contributed by atoms with Gasteiger partial charge in [0.1, 0.15) is 23.9 Å². The average Bonchev–Trinajstić information content (AvgIpc) is 3.34. The van der Waals surface area contributed by atoms with Crippen molar-refractivity contribution in [2.45, 2.75) is 6.54 Å². The minimum Gasteiger partial charge on any atom is -0.457 e. The Kier molecular flexibility index (Phi) is 5.98. The van der Waals surface area contributed by atoms with Crippen molar-refractivity contribution in [1.29, 1.82) is 5.26 Å². The molecule has 6 heteroatoms. The van der Waals surface area contributed by atoms with Crippen molar-refractivity contribution >= 4 is 23.4 Å². The summed E-state index contributed by atoms with van der Waals surface area (Å²) in [4.78, 5) is 13.0. The van der Waals surface area contributed by atoms with Crippen LogP contribution in [0.4, 0.5) is 0 Å². The molecule has 0 N–H and O–H groups in total. The molecule has 27 heavy (non-hydrogen) atoms. The van der Waals surface area contributed by atoms with Gasteiger partial charge in [0.25, 0.3) is 0 Å². The smallest absolute Gasteiger partial charge is 0.349 e. The van der Waals surface area contributed by atoms with Crippen LogP contribution in [0.5, 0.6) is 0 Å². The summed E-state index contributed by atoms with van der Waals surface area (Å²) in [6, 6.07) is 15.8. The van der Waals surface area contributed by atoms with Crippen LogP contribution in [-0.2, 0) is 16.1 Å². The minimum atomic E-state index is -0.676. The molecule has 0 unspecified atom stereocenters. The number of carbonyl (C=O) groups is 1. The van der Waals surface area contributed by atoms with E-state index in [1.165, 1.54) is 12.2 Å². The molecule has 3 rings (SSSR count). The molecule has 0 saturated heterocycles. The summed E-state index contributed by atoms with van der Waals surface area (Å²) in [5.74, 6) is -0.676. The molecular formula is C21H17N3O2S. The van der Waals surface area contributed by atoms with E-state index >= 15 is 0 Å². The van der Waals surface area contributed by atoms with Gasteiger partial charge in [-0.25, -0.2) is 4.79 Å². The number of nitriles is 1. The van der Waals surface area contributed by atoms with Crippen molar-refractivity contribution in [2.24, 2.45) is 0 Å². The Bertz CT molecular complexity index is 996. The fourth-order valence-corrected chi connectivity index (χ4v) is 3.23. The third-order valence-corrected chi connectivity index (χ3v) is 4.58. The molecule has 2 aromatic heterocycles. The normalized spacial score (nSPS) is 11.0. The van der Waals surface area contributed by atoms with Crippen molar-refractivity contribution in [2.75, 3.05) is 6.61 Å². The Morgan fingerprint density at radius 1 is 1.30 bits per heavy atom. The second-order valence-corrected chi connectivity index (χ2v) is 6.60. The SMILES string of the molecule is C=CCOC(=O)/C(C#N)=C\c1cn(Cc2ccccc2)nc1-c1cccs1. The number of nitrogens with zero attached hydrogens (tertiary/aromatic N) is 3. The first kappa shape index (κ1) is 18.4. The molecule has 0 fully saturated rings. The summed E-state index contributed by atoms with van der Waals surface area (Å²) >= 11 is 1.55. The monoisotopic (exact) mass is 375 g/mol. The molecule has 0 aliphatic rings. The molecule has 0 radical (unpaired) electrons. The summed E-state index contributed by atoms with van der Waals surface area (Å²) in [5.41, 5.74) is 2.46. The highest BCUT2D eigenvalue weighted by Crippen LogP contribution is 2.28. The van der Waals surface area contributed by atoms with E-state index in [9.17, 15) is 10.1 Å². The second kappa shape index (κ2) is 8.79. The van der Waals surface area contributed by atoms with Crippen LogP contribution in [0.3, 0.4) is 0 Å². The number of hydrogen-bond donors (Lipinski definition) is 0. The van der Waals surface area contributed by atoms with Crippen LogP contribution < -0.4 is 0 Å². The van der Waals surface area contributed by atoms with E-state index in [0.717, 1.165) is 16.1 Å². The summed E-state index contributed by atoms with van der Waals surface area (Å²) < 4.78 is 6.78. The molecule has 0 amide bonds. The minimum absolute atomic E-state index is 0.0584. The Morgan fingerprint density at radius 2 is 2.11 bits per heavy atom. The zero-order chi connectivity index (χ0) is 19.1. The fourth-order valence-electron chi connectivity index (χ4n) is 2.50. The predicted molar refractivity (Wildman–Crippen MR) is 106 cm³/mol. The Hall–Kier alpha value is -3.43. The van der Waals surface area contributed by atoms with Crippen molar-refractivity contribution in [3.63, 3.8) is 0 Å². The molecule has 2 heterocycles. The Balaban J connectivity index is 1.97. The lowest BCUT2D eigenvalue weighted by Gasteiger charge is -2.00. The molecule has 5 nitrogen and oxygen atoms in total. The first-order chi connectivity index (χ1) is 13.2. The molecule has 134 valence electrons. The molecule has 0 bridgehead atoms. The van der Waals surface area contributed by atoms with Crippen LogP contribution in [0.1, 0.15) is 11.1 Å². The van der Waals surface area contributed by atoms with Gasteiger partial charge in [0.05, 0.1) is 11.4 Å². The number of benzene rings is 1. The summed E-state index contributed by atoms with van der Waals surface area (Å²) in [7, 11) is 0. The third-order valence-electron chi connectivity index (χ3n) is 3.70. The van der Waals surface area contributed by atoms with Gasteiger partial charge in [-0.15, -0.1) is 11.3 Å². The number of hydrogen-bond acceptors (Lipinski definition) is 5. The molecule has 0 aliphatic heterocycles. The van der Waals surface area contributed by atoms with E-state index in [0.29, 0.717) is 12.1 Å². The van der Waals surface area contributed by atoms with Gasteiger partial charge >= 0.3 is 5.97 Å². The van der Waals surface area contributed by atoms with Crippen LogP contribution in [0.25, 0.3) is 16.6 Å². The Morgan fingerprint density at radius 3 is 2.78 bits per heavy atom. The van der Waals surface area contributed by atoms with Gasteiger partial charge in [-0.3, -0.25) is 4.68 Å². The van der Waals surface area contributed by atoms with Gasteiger partial charge < -0.3 is 4.74 Å². The molecule has 0 aliphatic carbocycles. The van der Waals surface area contributed by atoms with Crippen LogP contribution in [0.2, 0.25) is 0 Å². The maximum absolute atomic E-state index is 12.0. The van der Waals surface area contributed by atoms with Crippen molar-refractivity contribution < 1.29 is 9.53 Å². The lowest BCUT2D eigenvalue weighted by molar-refractivity contribution is -0.137. The van der Waals surface area contributed by atoms with Crippen molar-refractivity contribution in [3.05, 3.63) is 83.4 Å². The molecule has 3 aromatic rings. The second-order valence-electron chi connectivity index (χ2n) is 5.65. The first-order valence-corrected chi connectivity index (χ1v) is 9.14. The largest absolute Gasteiger partial charge is 0.457 e. The highest BCUT2D eigenvalue weighted by Gasteiger charge is 2.15. The highest BCUT2D eigenvalue weighted by molar-refractivity contribution is 7.13. The third kappa shape index (κ3) is 4.60. The van der Waals surface area contributed by atoms with E-state index in [1.54, 1.807) is 16.0 Å². The number of aromatic nitrogens is 2. The van der Waals surface area contributed by atoms with Gasteiger partial charge in [0, 0.05) is 11.8 Å². The van der Waals surface area contributed by atoms with Crippen molar-refractivity contribution in [1.82, 2.24) is 9.78 Å². The zero-order valence-corrected chi connectivity index (χ0v) is 15.4. The topological polar surface area (TPSA) is 67.9 Å². The molecule has 0 spiro atoms. The van der Waals surface area contributed by atoms with Gasteiger partial charge in [-0.05, 0) is 23.1 Å². The van der Waals surface area contributed by atoms with Gasteiger partial charge in [0.2, 0.25) is 0 Å². The van der Waals surface area contributed by atoms with Crippen molar-refractivity contribution in [3.8, 4) is 16.6 Å². The fraction of sp³-hybridized carbons (Fsp3) is 0.0952. The van der Waals surface area contributed by atoms with E-state index in [2.05, 4.69) is 11.7 Å². The highest BCUT2D eigenvalue weighted by atomic mass is 32.1. The quantitative estimate of drug-likeness (QED) is 0.267. The van der Waals surface area contributed by atoms with E-state index in [1.807, 2.05) is 60.1 Å². The van der Waals surface area contributed by atoms with E-state index < -0.39 is 5.97 Å². The van der Waals surface area contributed by atoms with E-state index in [-0.39, 0.29) is 12.2 Å². The molecular weight excluding hydrogens is 358 g/mol. The Labute approximate surface area is 161 Å². The number of rotatable bonds is 7. The maximum atomic E-state index is 12.0. The average molecular weight is 375 g/mol. The maximum Gasteiger partial charge on any atom is 0.349 e. The van der Waals surface area contributed by atoms with Gasteiger partial charge in [0.15, 0.2) is 0 Å². The summed E-state index contributed by atoms with van der Waals surface area (Å²) in [6.07, 6.45) is 4.82. The molecule has 0 saturated carbocycles. The van der Waals surface area contributed by atoms with Crippen LogP contribution >= 0.6 is 11.3 Å². The summed E-state index contributed by atoms with van der Waals surface area (Å²) in [6.45, 7) is 4.15. The number of esters is 1.